The first-order valence-electron chi connectivity index (χ1n) is 5.99. The predicted molar refractivity (Wildman–Crippen MR) is 71.7 cm³/mol. The van der Waals surface area contributed by atoms with E-state index in [0.29, 0.717) is 11.3 Å². The Morgan fingerprint density at radius 2 is 2.25 bits per heavy atom. The molecular formula is C13H21NOS. The molecule has 0 spiro atoms. The standard InChI is InChI=1S/C13H21NOS/c1-3-5-6-10-13(15)14-11-8-7-9-12(11)16-4-2/h3,5-6,10-12H,4,7-9H2,1-2H3,(H,14,15)/b5-3+,10-6+/t11-,12+/m1/s1. The average molecular weight is 239 g/mol. The van der Waals surface area contributed by atoms with Crippen molar-refractivity contribution >= 4 is 17.7 Å². The molecule has 3 heteroatoms. The minimum atomic E-state index is 0.0340. The summed E-state index contributed by atoms with van der Waals surface area (Å²) in [6, 6.07) is 0.368. The van der Waals surface area contributed by atoms with Crippen molar-refractivity contribution in [3.63, 3.8) is 0 Å². The molecule has 0 unspecified atom stereocenters. The van der Waals surface area contributed by atoms with Gasteiger partial charge in [-0.25, -0.2) is 0 Å². The molecule has 0 bridgehead atoms. The van der Waals surface area contributed by atoms with Crippen molar-refractivity contribution in [3.8, 4) is 0 Å². The summed E-state index contributed by atoms with van der Waals surface area (Å²) in [6.45, 7) is 4.11. The van der Waals surface area contributed by atoms with E-state index < -0.39 is 0 Å². The molecule has 1 amide bonds. The number of amides is 1. The van der Waals surface area contributed by atoms with E-state index in [1.807, 2.05) is 30.8 Å². The number of carbonyl (C=O) groups excluding carboxylic acids is 1. The molecule has 90 valence electrons. The highest BCUT2D eigenvalue weighted by Gasteiger charge is 2.27. The molecule has 1 fully saturated rings. The number of rotatable bonds is 5. The van der Waals surface area contributed by atoms with Gasteiger partial charge in [0.25, 0.3) is 0 Å². The third-order valence-corrected chi connectivity index (χ3v) is 4.04. The molecule has 0 aromatic carbocycles. The second-order valence-electron chi connectivity index (χ2n) is 3.92. The smallest absolute Gasteiger partial charge is 0.244 e. The molecule has 0 aromatic rings. The van der Waals surface area contributed by atoms with Gasteiger partial charge in [0.2, 0.25) is 5.91 Å². The summed E-state index contributed by atoms with van der Waals surface area (Å²) in [5, 5.41) is 3.71. The maximum absolute atomic E-state index is 11.6. The van der Waals surface area contributed by atoms with Crippen LogP contribution in [0.2, 0.25) is 0 Å². The van der Waals surface area contributed by atoms with Crippen LogP contribution in [0.15, 0.2) is 24.3 Å². The highest BCUT2D eigenvalue weighted by molar-refractivity contribution is 7.99. The number of hydrogen-bond donors (Lipinski definition) is 1. The Bertz CT molecular complexity index is 273. The average Bonchev–Trinajstić information content (AvgIpc) is 2.67. The molecule has 0 radical (unpaired) electrons. The largest absolute Gasteiger partial charge is 0.349 e. The van der Waals surface area contributed by atoms with Crippen molar-refractivity contribution < 1.29 is 4.79 Å². The molecule has 1 N–H and O–H groups in total. The topological polar surface area (TPSA) is 29.1 Å². The van der Waals surface area contributed by atoms with Crippen LogP contribution in [0.25, 0.3) is 0 Å². The lowest BCUT2D eigenvalue weighted by Gasteiger charge is -2.19. The number of carbonyl (C=O) groups is 1. The van der Waals surface area contributed by atoms with Gasteiger partial charge in [-0.3, -0.25) is 4.79 Å². The fourth-order valence-electron chi connectivity index (χ4n) is 1.99. The Morgan fingerprint density at radius 3 is 2.94 bits per heavy atom. The Morgan fingerprint density at radius 1 is 1.44 bits per heavy atom. The Hall–Kier alpha value is -0.700. The zero-order valence-electron chi connectivity index (χ0n) is 10.1. The predicted octanol–water partition coefficient (Wildman–Crippen LogP) is 2.91. The zero-order chi connectivity index (χ0) is 11.8. The minimum absolute atomic E-state index is 0.0340. The van der Waals surface area contributed by atoms with E-state index >= 15 is 0 Å². The SMILES string of the molecule is C/C=C/C=C/C(=O)N[C@@H]1CCC[C@@H]1SCC. The minimum Gasteiger partial charge on any atom is -0.349 e. The van der Waals surface area contributed by atoms with Crippen molar-refractivity contribution in [1.82, 2.24) is 5.32 Å². The molecule has 1 aliphatic carbocycles. The second kappa shape index (κ2) is 7.55. The summed E-state index contributed by atoms with van der Waals surface area (Å²) in [5.74, 6) is 1.16. The zero-order valence-corrected chi connectivity index (χ0v) is 10.9. The summed E-state index contributed by atoms with van der Waals surface area (Å²) < 4.78 is 0. The van der Waals surface area contributed by atoms with E-state index in [1.165, 1.54) is 12.8 Å². The molecule has 0 heterocycles. The van der Waals surface area contributed by atoms with Gasteiger partial charge < -0.3 is 5.32 Å². The Balaban J connectivity index is 2.37. The summed E-state index contributed by atoms with van der Waals surface area (Å²) >= 11 is 1.96. The number of nitrogens with one attached hydrogen (secondary N) is 1. The van der Waals surface area contributed by atoms with E-state index in [0.717, 1.165) is 12.2 Å². The maximum Gasteiger partial charge on any atom is 0.244 e. The fraction of sp³-hybridized carbons (Fsp3) is 0.615. The quantitative estimate of drug-likeness (QED) is 0.590. The van der Waals surface area contributed by atoms with E-state index in [4.69, 9.17) is 0 Å². The van der Waals surface area contributed by atoms with Gasteiger partial charge >= 0.3 is 0 Å². The van der Waals surface area contributed by atoms with Crippen LogP contribution >= 0.6 is 11.8 Å². The second-order valence-corrected chi connectivity index (χ2v) is 5.44. The fourth-order valence-corrected chi connectivity index (χ4v) is 3.19. The lowest BCUT2D eigenvalue weighted by molar-refractivity contribution is -0.117. The van der Waals surface area contributed by atoms with Crippen LogP contribution in [0.1, 0.15) is 33.1 Å². The monoisotopic (exact) mass is 239 g/mol. The molecular weight excluding hydrogens is 218 g/mol. The van der Waals surface area contributed by atoms with Gasteiger partial charge in [0.15, 0.2) is 0 Å². The van der Waals surface area contributed by atoms with E-state index in [2.05, 4.69) is 12.2 Å². The van der Waals surface area contributed by atoms with Gasteiger partial charge in [0, 0.05) is 17.4 Å². The van der Waals surface area contributed by atoms with Crippen LogP contribution < -0.4 is 5.32 Å². The number of thioether (sulfide) groups is 1. The number of hydrogen-bond acceptors (Lipinski definition) is 2. The van der Waals surface area contributed by atoms with Gasteiger partial charge in [0.1, 0.15) is 0 Å². The molecule has 0 aromatic heterocycles. The Kier molecular flexibility index (Phi) is 6.31. The van der Waals surface area contributed by atoms with Crippen molar-refractivity contribution in [1.29, 1.82) is 0 Å². The van der Waals surface area contributed by atoms with Crippen molar-refractivity contribution in [3.05, 3.63) is 24.3 Å². The normalized spacial score (nSPS) is 25.6. The Labute approximate surface area is 103 Å². The van der Waals surface area contributed by atoms with Crippen LogP contribution in [0.4, 0.5) is 0 Å². The van der Waals surface area contributed by atoms with Crippen LogP contribution in [0.3, 0.4) is 0 Å². The van der Waals surface area contributed by atoms with Crippen LogP contribution in [0, 0.1) is 0 Å². The molecule has 1 aliphatic rings. The maximum atomic E-state index is 11.6. The molecule has 0 saturated heterocycles. The molecule has 1 rings (SSSR count). The summed E-state index contributed by atoms with van der Waals surface area (Å²) in [4.78, 5) is 11.6. The van der Waals surface area contributed by atoms with Crippen LogP contribution in [-0.2, 0) is 4.79 Å². The summed E-state index contributed by atoms with van der Waals surface area (Å²) in [6.07, 6.45) is 10.8. The molecule has 0 aliphatic heterocycles. The highest BCUT2D eigenvalue weighted by atomic mass is 32.2. The van der Waals surface area contributed by atoms with E-state index in [-0.39, 0.29) is 5.91 Å². The van der Waals surface area contributed by atoms with E-state index in [9.17, 15) is 4.79 Å². The summed E-state index contributed by atoms with van der Waals surface area (Å²) in [7, 11) is 0. The third kappa shape index (κ3) is 4.44. The van der Waals surface area contributed by atoms with Gasteiger partial charge in [-0.2, -0.15) is 11.8 Å². The van der Waals surface area contributed by atoms with Gasteiger partial charge in [-0.1, -0.05) is 31.6 Å². The van der Waals surface area contributed by atoms with Crippen molar-refractivity contribution in [2.75, 3.05) is 5.75 Å². The van der Waals surface area contributed by atoms with Gasteiger partial charge in [-0.05, 0) is 25.5 Å². The first-order chi connectivity index (χ1) is 7.77. The molecule has 16 heavy (non-hydrogen) atoms. The van der Waals surface area contributed by atoms with Gasteiger partial charge in [0.05, 0.1) is 0 Å². The lowest BCUT2D eigenvalue weighted by Crippen LogP contribution is -2.37. The lowest BCUT2D eigenvalue weighted by atomic mass is 10.2. The van der Waals surface area contributed by atoms with Crippen molar-refractivity contribution in [2.45, 2.75) is 44.4 Å². The van der Waals surface area contributed by atoms with E-state index in [1.54, 1.807) is 12.2 Å². The highest BCUT2D eigenvalue weighted by Crippen LogP contribution is 2.29. The van der Waals surface area contributed by atoms with Crippen LogP contribution in [-0.4, -0.2) is 23.0 Å². The summed E-state index contributed by atoms with van der Waals surface area (Å²) in [5.41, 5.74) is 0. The third-order valence-electron chi connectivity index (χ3n) is 2.71. The number of allylic oxidation sites excluding steroid dienone is 3. The first kappa shape index (κ1) is 13.4. The molecule has 2 atom stereocenters. The van der Waals surface area contributed by atoms with Crippen molar-refractivity contribution in [2.24, 2.45) is 0 Å². The molecule has 1 saturated carbocycles. The first-order valence-corrected chi connectivity index (χ1v) is 7.04. The van der Waals surface area contributed by atoms with Gasteiger partial charge in [-0.15, -0.1) is 0 Å². The molecule has 2 nitrogen and oxygen atoms in total. The van der Waals surface area contributed by atoms with Crippen LogP contribution in [0.5, 0.6) is 0 Å².